The Balaban J connectivity index is 1.30. The number of nitrogens with two attached hydrogens (primary N) is 1. The molecule has 6 rings (SSSR count). The summed E-state index contributed by atoms with van der Waals surface area (Å²) < 4.78 is 20.9. The fourth-order valence-corrected chi connectivity index (χ4v) is 5.32. The first-order valence-corrected chi connectivity index (χ1v) is 11.9. The van der Waals surface area contributed by atoms with E-state index in [-0.39, 0.29) is 6.61 Å². The maximum atomic E-state index is 11.2. The highest BCUT2D eigenvalue weighted by atomic mass is 32.1. The Morgan fingerprint density at radius 2 is 1.97 bits per heavy atom. The summed E-state index contributed by atoms with van der Waals surface area (Å²) in [5.74, 6) is 0.994. The summed E-state index contributed by atoms with van der Waals surface area (Å²) in [6.45, 7) is 4.01. The molecule has 3 N–H and O–H groups in total. The number of nitrogens with zero attached hydrogens (tertiary/aromatic N) is 5. The van der Waals surface area contributed by atoms with E-state index in [2.05, 4.69) is 20.1 Å². The molecule has 0 radical (unpaired) electrons. The number of hydrogen-bond acceptors (Lipinski definition) is 10. The van der Waals surface area contributed by atoms with Crippen molar-refractivity contribution in [3.05, 3.63) is 64.8 Å². The maximum absolute atomic E-state index is 11.2. The Labute approximate surface area is 199 Å². The zero-order valence-corrected chi connectivity index (χ0v) is 19.4. The third kappa shape index (κ3) is 3.70. The maximum Gasteiger partial charge on any atom is 0.184 e. The standard InChI is InChI=1S/C23H24N6O4S/c1-11-26-22(29(28-11)14-8-16-21(25-9-14)27-12(2)34-16)20-18(30)17(24)19-15(32-20)10-31-23(33-19)13-6-4-3-5-7-13/h3-9,15,17-20,23,30H,10,24H2,1-2H3/t15-,17-,18-,19+,20-,23?/m1/s1. The monoisotopic (exact) mass is 480 g/mol. The summed E-state index contributed by atoms with van der Waals surface area (Å²) >= 11 is 1.55. The second kappa shape index (κ2) is 8.45. The van der Waals surface area contributed by atoms with E-state index in [1.54, 1.807) is 29.1 Å². The minimum atomic E-state index is -1.06. The van der Waals surface area contributed by atoms with Crippen LogP contribution in [0.5, 0.6) is 0 Å². The smallest absolute Gasteiger partial charge is 0.184 e. The fraction of sp³-hybridized carbons (Fsp3) is 0.391. The van der Waals surface area contributed by atoms with Gasteiger partial charge in [0.25, 0.3) is 0 Å². The molecule has 5 heterocycles. The topological polar surface area (TPSA) is 130 Å². The van der Waals surface area contributed by atoms with Crippen LogP contribution in [0.2, 0.25) is 0 Å². The first-order chi connectivity index (χ1) is 16.5. The molecule has 1 unspecified atom stereocenters. The van der Waals surface area contributed by atoms with Crippen molar-refractivity contribution in [2.45, 2.75) is 50.6 Å². The van der Waals surface area contributed by atoms with Crippen molar-refractivity contribution in [1.82, 2.24) is 24.7 Å². The van der Waals surface area contributed by atoms with Crippen LogP contribution in [0.1, 0.15) is 34.6 Å². The molecule has 2 fully saturated rings. The summed E-state index contributed by atoms with van der Waals surface area (Å²) in [6.07, 6.45) is -1.72. The Kier molecular flexibility index (Phi) is 5.40. The number of aliphatic hydroxyl groups is 1. The minimum Gasteiger partial charge on any atom is -0.388 e. The highest BCUT2D eigenvalue weighted by Crippen LogP contribution is 2.38. The molecule has 3 aromatic heterocycles. The predicted octanol–water partition coefficient (Wildman–Crippen LogP) is 2.13. The van der Waals surface area contributed by atoms with Crippen molar-refractivity contribution in [3.63, 3.8) is 0 Å². The van der Waals surface area contributed by atoms with Crippen molar-refractivity contribution in [1.29, 1.82) is 0 Å². The molecule has 10 nitrogen and oxygen atoms in total. The van der Waals surface area contributed by atoms with Gasteiger partial charge in [0.1, 0.15) is 30.2 Å². The van der Waals surface area contributed by atoms with Gasteiger partial charge in [0.2, 0.25) is 0 Å². The van der Waals surface area contributed by atoms with E-state index in [0.29, 0.717) is 23.0 Å². The highest BCUT2D eigenvalue weighted by Gasteiger charge is 2.49. The van der Waals surface area contributed by atoms with Crippen LogP contribution in [0.3, 0.4) is 0 Å². The molecule has 0 amide bonds. The van der Waals surface area contributed by atoms with E-state index in [1.807, 2.05) is 43.3 Å². The van der Waals surface area contributed by atoms with Gasteiger partial charge in [-0.3, -0.25) is 0 Å². The predicted molar refractivity (Wildman–Crippen MR) is 123 cm³/mol. The zero-order chi connectivity index (χ0) is 23.4. The molecule has 0 saturated carbocycles. The van der Waals surface area contributed by atoms with Crippen LogP contribution in [0.25, 0.3) is 16.0 Å². The molecule has 34 heavy (non-hydrogen) atoms. The fourth-order valence-electron chi connectivity index (χ4n) is 4.50. The van der Waals surface area contributed by atoms with Crippen LogP contribution in [0.4, 0.5) is 0 Å². The van der Waals surface area contributed by atoms with Crippen LogP contribution in [-0.2, 0) is 14.2 Å². The van der Waals surface area contributed by atoms with Gasteiger partial charge in [-0.05, 0) is 19.9 Å². The lowest BCUT2D eigenvalue weighted by atomic mass is 9.92. The number of pyridine rings is 1. The largest absolute Gasteiger partial charge is 0.388 e. The SMILES string of the molecule is Cc1nc([C@@H]2O[C@@H]3COC(c4ccccc4)O[C@@H]3[C@H](N)[C@H]2O)n(-c2cnc3nc(C)sc3c2)n1. The Bertz CT molecular complexity index is 1330. The van der Waals surface area contributed by atoms with E-state index in [1.165, 1.54) is 0 Å². The number of aromatic nitrogens is 5. The molecule has 0 spiro atoms. The third-order valence-corrected chi connectivity index (χ3v) is 7.02. The van der Waals surface area contributed by atoms with Gasteiger partial charge >= 0.3 is 0 Å². The lowest BCUT2D eigenvalue weighted by Gasteiger charge is -2.46. The van der Waals surface area contributed by atoms with E-state index in [9.17, 15) is 5.11 Å². The number of benzene rings is 1. The van der Waals surface area contributed by atoms with E-state index in [4.69, 9.17) is 19.9 Å². The van der Waals surface area contributed by atoms with Crippen molar-refractivity contribution >= 4 is 21.7 Å². The van der Waals surface area contributed by atoms with Crippen molar-refractivity contribution in [2.24, 2.45) is 5.73 Å². The number of aliphatic hydroxyl groups excluding tert-OH is 1. The molecule has 2 aliphatic rings. The van der Waals surface area contributed by atoms with Crippen molar-refractivity contribution in [2.75, 3.05) is 6.61 Å². The van der Waals surface area contributed by atoms with Crippen LogP contribution < -0.4 is 5.73 Å². The second-order valence-electron chi connectivity index (χ2n) is 8.52. The number of hydrogen-bond donors (Lipinski definition) is 2. The normalized spacial score (nSPS) is 29.3. The van der Waals surface area contributed by atoms with E-state index >= 15 is 0 Å². The van der Waals surface area contributed by atoms with Gasteiger partial charge in [0, 0.05) is 5.56 Å². The second-order valence-corrected chi connectivity index (χ2v) is 9.75. The van der Waals surface area contributed by atoms with Crippen LogP contribution in [0.15, 0.2) is 42.6 Å². The molecule has 2 saturated heterocycles. The Morgan fingerprint density at radius 1 is 1.15 bits per heavy atom. The first kappa shape index (κ1) is 21.7. The number of rotatable bonds is 3. The summed E-state index contributed by atoms with van der Waals surface area (Å²) in [7, 11) is 0. The van der Waals surface area contributed by atoms with Crippen LogP contribution in [0, 0.1) is 13.8 Å². The third-order valence-electron chi connectivity index (χ3n) is 6.11. The zero-order valence-electron chi connectivity index (χ0n) is 18.6. The molecule has 1 aromatic carbocycles. The summed E-state index contributed by atoms with van der Waals surface area (Å²) in [5.41, 5.74) is 8.77. The van der Waals surface area contributed by atoms with Crippen LogP contribution in [-0.4, -0.2) is 60.8 Å². The lowest BCUT2D eigenvalue weighted by Crippen LogP contribution is -2.62. The van der Waals surface area contributed by atoms with Gasteiger partial charge in [-0.1, -0.05) is 30.3 Å². The van der Waals surface area contributed by atoms with Gasteiger partial charge in [-0.25, -0.2) is 19.6 Å². The molecule has 6 atom stereocenters. The molecule has 2 aliphatic heterocycles. The number of fused-ring (bicyclic) bond motifs is 2. The first-order valence-electron chi connectivity index (χ1n) is 11.1. The molecule has 0 bridgehead atoms. The molecule has 11 heteroatoms. The van der Waals surface area contributed by atoms with Gasteiger partial charge in [-0.15, -0.1) is 11.3 Å². The summed E-state index contributed by atoms with van der Waals surface area (Å²) in [4.78, 5) is 13.4. The molecular weight excluding hydrogens is 456 g/mol. The van der Waals surface area contributed by atoms with Gasteiger partial charge in [0.05, 0.1) is 34.2 Å². The van der Waals surface area contributed by atoms with Crippen molar-refractivity contribution < 1.29 is 19.3 Å². The number of thiazole rings is 1. The summed E-state index contributed by atoms with van der Waals surface area (Å²) in [5, 5.41) is 16.6. The minimum absolute atomic E-state index is 0.280. The van der Waals surface area contributed by atoms with Crippen molar-refractivity contribution in [3.8, 4) is 5.69 Å². The lowest BCUT2D eigenvalue weighted by molar-refractivity contribution is -0.309. The van der Waals surface area contributed by atoms with E-state index in [0.717, 1.165) is 15.3 Å². The average Bonchev–Trinajstić information content (AvgIpc) is 3.42. The van der Waals surface area contributed by atoms with Gasteiger partial charge in [-0.2, -0.15) is 5.10 Å². The molecule has 4 aromatic rings. The highest BCUT2D eigenvalue weighted by molar-refractivity contribution is 7.18. The quantitative estimate of drug-likeness (QED) is 0.453. The number of aryl methyl sites for hydroxylation is 2. The van der Waals surface area contributed by atoms with E-state index < -0.39 is 36.7 Å². The summed E-state index contributed by atoms with van der Waals surface area (Å²) in [6, 6.07) is 10.9. The molecular formula is C23H24N6O4S. The Hall–Kier alpha value is -2.80. The Morgan fingerprint density at radius 3 is 2.79 bits per heavy atom. The van der Waals surface area contributed by atoms with Gasteiger partial charge in [0.15, 0.2) is 17.8 Å². The van der Waals surface area contributed by atoms with Crippen LogP contribution >= 0.6 is 11.3 Å². The molecule has 176 valence electrons. The number of ether oxygens (including phenoxy) is 3. The average molecular weight is 481 g/mol. The van der Waals surface area contributed by atoms with Gasteiger partial charge < -0.3 is 25.1 Å². The molecule has 0 aliphatic carbocycles.